The molecule has 1 aliphatic rings. The van der Waals surface area contributed by atoms with E-state index in [9.17, 15) is 14.7 Å². The van der Waals surface area contributed by atoms with Gasteiger partial charge in [-0.3, -0.25) is 9.59 Å². The first kappa shape index (κ1) is 22.9. The van der Waals surface area contributed by atoms with Crippen LogP contribution in [0.3, 0.4) is 0 Å². The van der Waals surface area contributed by atoms with Gasteiger partial charge in [-0.25, -0.2) is 0 Å². The van der Waals surface area contributed by atoms with Crippen molar-refractivity contribution in [3.63, 3.8) is 0 Å². The van der Waals surface area contributed by atoms with Crippen molar-refractivity contribution in [2.45, 2.75) is 72.6 Å². The maximum atomic E-state index is 11.2. The molecule has 0 N–H and O–H groups in total. The van der Waals surface area contributed by atoms with Gasteiger partial charge in [0.25, 0.3) is 0 Å². The van der Waals surface area contributed by atoms with E-state index < -0.39 is 19.8 Å². The Morgan fingerprint density at radius 2 is 1.31 bits per heavy atom. The SMILES string of the molecule is CCC[CH2][Sn+]([CH2]CCC)[CH2]CCC.O=C1C=CC(=O)c2c([O-])cccc21. The summed E-state index contributed by atoms with van der Waals surface area (Å²) in [5, 5.41) is 11.2. The number of hydrogen-bond donors (Lipinski definition) is 0. The summed E-state index contributed by atoms with van der Waals surface area (Å²) >= 11 is -0.839. The second-order valence-electron chi connectivity index (χ2n) is 6.80. The maximum Gasteiger partial charge on any atom is 0.186 e. The molecule has 0 radical (unpaired) electrons. The van der Waals surface area contributed by atoms with E-state index >= 15 is 0 Å². The molecule has 0 aromatic heterocycles. The molecule has 142 valence electrons. The molecular formula is C22H32O3Sn. The quantitative estimate of drug-likeness (QED) is 0.450. The first-order valence-electron chi connectivity index (χ1n) is 9.95. The van der Waals surface area contributed by atoms with Gasteiger partial charge in [-0.05, 0) is 12.2 Å². The van der Waals surface area contributed by atoms with Gasteiger partial charge in [-0.15, -0.1) is 0 Å². The first-order chi connectivity index (χ1) is 12.5. The monoisotopic (exact) mass is 464 g/mol. The minimum Gasteiger partial charge on any atom is -0.872 e. The van der Waals surface area contributed by atoms with Crippen molar-refractivity contribution < 1.29 is 14.7 Å². The van der Waals surface area contributed by atoms with E-state index in [0.717, 1.165) is 6.08 Å². The van der Waals surface area contributed by atoms with Gasteiger partial charge in [-0.2, -0.15) is 0 Å². The average molecular weight is 463 g/mol. The topological polar surface area (TPSA) is 57.2 Å². The van der Waals surface area contributed by atoms with Gasteiger partial charge >= 0.3 is 92.4 Å². The number of unbranched alkanes of at least 4 members (excludes halogenated alkanes) is 3. The zero-order valence-corrected chi connectivity index (χ0v) is 19.3. The van der Waals surface area contributed by atoms with Crippen molar-refractivity contribution in [3.05, 3.63) is 41.5 Å². The molecule has 0 bridgehead atoms. The summed E-state index contributed by atoms with van der Waals surface area (Å²) in [7, 11) is 0. The summed E-state index contributed by atoms with van der Waals surface area (Å²) < 4.78 is 5.04. The van der Waals surface area contributed by atoms with Gasteiger partial charge in [0.2, 0.25) is 0 Å². The Hall–Kier alpha value is -1.10. The fraction of sp³-hybridized carbons (Fsp3) is 0.545. The van der Waals surface area contributed by atoms with Crippen LogP contribution in [0, 0.1) is 0 Å². The van der Waals surface area contributed by atoms with Crippen LogP contribution in [0.1, 0.15) is 80.0 Å². The van der Waals surface area contributed by atoms with Crippen molar-refractivity contribution in [1.29, 1.82) is 0 Å². The largest absolute Gasteiger partial charge is 0.872 e. The fourth-order valence-electron chi connectivity index (χ4n) is 2.97. The van der Waals surface area contributed by atoms with Gasteiger partial charge < -0.3 is 5.11 Å². The Morgan fingerprint density at radius 3 is 1.77 bits per heavy atom. The standard InChI is InChI=1S/C10H6O3.3C4H9.Sn/c11-7-4-5-9(13)10-6(7)2-1-3-8(10)12;3*1-3-4-2;/h1-5,12H;3*1,3-4H2,2H3;/q;;;;+1/p-1. The van der Waals surface area contributed by atoms with Crippen LogP contribution in [0.15, 0.2) is 30.4 Å². The summed E-state index contributed by atoms with van der Waals surface area (Å²) in [6, 6.07) is 4.25. The van der Waals surface area contributed by atoms with Crippen molar-refractivity contribution in [2.24, 2.45) is 0 Å². The number of rotatable bonds is 9. The Bertz CT molecular complexity index is 588. The molecule has 1 aliphatic carbocycles. The van der Waals surface area contributed by atoms with Gasteiger partial charge in [0.05, 0.1) is 0 Å². The summed E-state index contributed by atoms with van der Waals surface area (Å²) in [6.07, 6.45) is 11.2. The normalized spacial score (nSPS) is 12.4. The zero-order chi connectivity index (χ0) is 19.4. The average Bonchev–Trinajstić information content (AvgIpc) is 2.65. The predicted octanol–water partition coefficient (Wildman–Crippen LogP) is 5.58. The van der Waals surface area contributed by atoms with Crippen molar-refractivity contribution >= 4 is 31.3 Å². The molecule has 1 aromatic carbocycles. The Balaban J connectivity index is 0.000000260. The molecule has 0 spiro atoms. The molecule has 2 rings (SSSR count). The van der Waals surface area contributed by atoms with Crippen LogP contribution in [0.4, 0.5) is 0 Å². The number of ketones is 2. The van der Waals surface area contributed by atoms with Crippen molar-refractivity contribution in [1.82, 2.24) is 0 Å². The molecule has 0 aliphatic heterocycles. The van der Waals surface area contributed by atoms with E-state index in [-0.39, 0.29) is 28.4 Å². The third kappa shape index (κ3) is 7.65. The Kier molecular flexibility index (Phi) is 11.6. The number of carbonyl (C=O) groups excluding carboxylic acids is 2. The van der Waals surface area contributed by atoms with Crippen LogP contribution < -0.4 is 5.11 Å². The number of allylic oxidation sites excluding steroid dienone is 2. The van der Waals surface area contributed by atoms with Crippen LogP contribution in [0.25, 0.3) is 0 Å². The molecule has 0 amide bonds. The zero-order valence-electron chi connectivity index (χ0n) is 16.5. The maximum absolute atomic E-state index is 11.2. The fourth-order valence-corrected chi connectivity index (χ4v) is 12.4. The molecule has 1 aromatic rings. The van der Waals surface area contributed by atoms with Gasteiger partial charge in [-0.1, -0.05) is 23.9 Å². The number of fused-ring (bicyclic) bond motifs is 1. The first-order valence-corrected chi connectivity index (χ1v) is 16.0. The summed E-state index contributed by atoms with van der Waals surface area (Å²) in [5.41, 5.74) is 0.204. The second-order valence-corrected chi connectivity index (χ2v) is 15.4. The Morgan fingerprint density at radius 1 is 0.808 bits per heavy atom. The van der Waals surface area contributed by atoms with E-state index in [0.29, 0.717) is 0 Å². The van der Waals surface area contributed by atoms with E-state index in [1.807, 2.05) is 0 Å². The third-order valence-electron chi connectivity index (χ3n) is 4.58. The summed E-state index contributed by atoms with van der Waals surface area (Å²) in [5.74, 6) is -1.06. The van der Waals surface area contributed by atoms with E-state index in [1.54, 1.807) is 13.3 Å². The second kappa shape index (κ2) is 13.1. The summed E-state index contributed by atoms with van der Waals surface area (Å²) in [6.45, 7) is 7.00. The molecule has 0 unspecified atom stereocenters. The smallest absolute Gasteiger partial charge is 0.186 e. The van der Waals surface area contributed by atoms with Crippen LogP contribution in [0.2, 0.25) is 13.3 Å². The van der Waals surface area contributed by atoms with Crippen molar-refractivity contribution in [3.8, 4) is 5.75 Å². The van der Waals surface area contributed by atoms with Gasteiger partial charge in [0, 0.05) is 11.1 Å². The summed E-state index contributed by atoms with van der Waals surface area (Å²) in [4.78, 5) is 22.4. The Labute approximate surface area is 165 Å². The third-order valence-corrected chi connectivity index (χ3v) is 13.7. The van der Waals surface area contributed by atoms with Gasteiger partial charge in [0.15, 0.2) is 11.6 Å². The van der Waals surface area contributed by atoms with Crippen LogP contribution in [0.5, 0.6) is 5.75 Å². The number of benzene rings is 1. The van der Waals surface area contributed by atoms with E-state index in [2.05, 4.69) is 20.8 Å². The van der Waals surface area contributed by atoms with Crippen molar-refractivity contribution in [2.75, 3.05) is 0 Å². The van der Waals surface area contributed by atoms with Crippen LogP contribution in [-0.4, -0.2) is 31.3 Å². The predicted molar refractivity (Wildman–Crippen MR) is 109 cm³/mol. The molecule has 0 saturated heterocycles. The molecule has 0 atom stereocenters. The molecular weight excluding hydrogens is 431 g/mol. The molecule has 0 saturated carbocycles. The molecule has 0 fully saturated rings. The number of carbonyl (C=O) groups is 2. The van der Waals surface area contributed by atoms with E-state index in [4.69, 9.17) is 0 Å². The molecule has 3 nitrogen and oxygen atoms in total. The number of hydrogen-bond acceptors (Lipinski definition) is 3. The van der Waals surface area contributed by atoms with Crippen LogP contribution in [-0.2, 0) is 0 Å². The molecule has 4 heteroatoms. The minimum absolute atomic E-state index is 0.00463. The minimum atomic E-state index is -0.839. The van der Waals surface area contributed by atoms with Crippen LogP contribution >= 0.6 is 0 Å². The van der Waals surface area contributed by atoms with Gasteiger partial charge in [0.1, 0.15) is 0 Å². The molecule has 26 heavy (non-hydrogen) atoms. The molecule has 0 heterocycles. The van der Waals surface area contributed by atoms with E-state index in [1.165, 1.54) is 62.8 Å².